The topological polar surface area (TPSA) is 96.3 Å². The van der Waals surface area contributed by atoms with Crippen LogP contribution in [-0.2, 0) is 16.5 Å². The molecule has 3 aromatic carbocycles. The average Bonchev–Trinajstić information content (AvgIpc) is 3.34. The maximum absolute atomic E-state index is 11.4. The number of phenols is 2. The molecule has 212 valence electrons. The number of nitrogens with zero attached hydrogens (tertiary/aromatic N) is 1. The fourth-order valence-corrected chi connectivity index (χ4v) is 6.32. The Morgan fingerprint density at radius 2 is 1.88 bits per heavy atom. The molecule has 7 nitrogen and oxygen atoms in total. The van der Waals surface area contributed by atoms with Gasteiger partial charge in [0, 0.05) is 34.3 Å². The molecule has 5 rings (SSSR count). The molecule has 2 aliphatic rings. The predicted octanol–water partition coefficient (Wildman–Crippen LogP) is 6.04. The Labute approximate surface area is 241 Å². The fraction of sp³-hybridized carbons (Fsp3) is 0.355. The van der Waals surface area contributed by atoms with E-state index in [1.165, 1.54) is 18.6 Å². The molecule has 0 saturated carbocycles. The smallest absolute Gasteiger partial charge is 0.150 e. The van der Waals surface area contributed by atoms with Crippen LogP contribution in [-0.4, -0.2) is 49.3 Å². The summed E-state index contributed by atoms with van der Waals surface area (Å²) in [5.41, 5.74) is 4.03. The van der Waals surface area contributed by atoms with Crippen molar-refractivity contribution in [2.45, 2.75) is 45.1 Å². The van der Waals surface area contributed by atoms with Gasteiger partial charge in [0.2, 0.25) is 0 Å². The van der Waals surface area contributed by atoms with Crippen LogP contribution in [0.4, 0.5) is 0 Å². The maximum Gasteiger partial charge on any atom is 0.150 e. The van der Waals surface area contributed by atoms with Gasteiger partial charge in [-0.15, -0.1) is 0 Å². The number of halogens is 1. The normalized spacial score (nSPS) is 19.9. The van der Waals surface area contributed by atoms with Gasteiger partial charge in [-0.1, -0.05) is 30.7 Å². The van der Waals surface area contributed by atoms with E-state index in [2.05, 4.69) is 18.7 Å². The average molecular weight is 584 g/mol. The van der Waals surface area contributed by atoms with Gasteiger partial charge in [0.25, 0.3) is 0 Å². The van der Waals surface area contributed by atoms with Crippen molar-refractivity contribution in [3.05, 3.63) is 81.9 Å². The van der Waals surface area contributed by atoms with Crippen LogP contribution < -0.4 is 9.47 Å². The second-order valence-corrected chi connectivity index (χ2v) is 12.2. The minimum Gasteiger partial charge on any atom is -0.508 e. The molecule has 3 atom stereocenters. The van der Waals surface area contributed by atoms with E-state index in [0.717, 1.165) is 41.5 Å². The summed E-state index contributed by atoms with van der Waals surface area (Å²) in [6, 6.07) is 16.0. The lowest BCUT2D eigenvalue weighted by atomic mass is 9.85. The summed E-state index contributed by atoms with van der Waals surface area (Å²) in [6.07, 6.45) is 0.641. The van der Waals surface area contributed by atoms with E-state index in [-0.39, 0.29) is 22.8 Å². The number of rotatable bonds is 8. The van der Waals surface area contributed by atoms with Crippen LogP contribution in [0.15, 0.2) is 54.6 Å². The van der Waals surface area contributed by atoms with Gasteiger partial charge in [0.15, 0.2) is 0 Å². The van der Waals surface area contributed by atoms with E-state index in [4.69, 9.17) is 21.1 Å². The van der Waals surface area contributed by atoms with Gasteiger partial charge in [-0.2, -0.15) is 0 Å². The van der Waals surface area contributed by atoms with Gasteiger partial charge in [-0.25, -0.2) is 8.42 Å². The first-order valence-electron chi connectivity index (χ1n) is 13.4. The molecular formula is C31H34ClNO6S. The molecule has 3 aromatic rings. The Kier molecular flexibility index (Phi) is 8.31. The van der Waals surface area contributed by atoms with Crippen LogP contribution in [0.3, 0.4) is 0 Å². The third kappa shape index (κ3) is 6.09. The van der Waals surface area contributed by atoms with Crippen molar-refractivity contribution in [3.63, 3.8) is 0 Å². The Bertz CT molecular complexity index is 1490. The van der Waals surface area contributed by atoms with Crippen molar-refractivity contribution in [1.82, 2.24) is 4.90 Å². The van der Waals surface area contributed by atoms with Gasteiger partial charge >= 0.3 is 0 Å². The molecule has 1 saturated heterocycles. The molecule has 0 aromatic heterocycles. The van der Waals surface area contributed by atoms with Crippen LogP contribution in [0, 0.1) is 5.92 Å². The minimum atomic E-state index is -2.73. The zero-order valence-corrected chi connectivity index (χ0v) is 24.4. The maximum atomic E-state index is 11.4. The highest BCUT2D eigenvalue weighted by Gasteiger charge is 2.31. The van der Waals surface area contributed by atoms with Gasteiger partial charge in [0.05, 0.1) is 5.75 Å². The number of ether oxygens (including phenoxy) is 2. The molecular weight excluding hydrogens is 550 g/mol. The molecule has 0 bridgehead atoms. The Morgan fingerprint density at radius 1 is 1.12 bits per heavy atom. The van der Waals surface area contributed by atoms with E-state index in [0.29, 0.717) is 34.5 Å². The number of allylic oxidation sites excluding steroid dienone is 1. The Hall–Kier alpha value is -3.20. The number of likely N-dealkylation sites (tertiary alicyclic amines) is 1. The Morgan fingerprint density at radius 3 is 2.52 bits per heavy atom. The third-order valence-corrected chi connectivity index (χ3v) is 8.56. The van der Waals surface area contributed by atoms with E-state index < -0.39 is 16.8 Å². The zero-order valence-electron chi connectivity index (χ0n) is 22.8. The fourth-order valence-electron chi connectivity index (χ4n) is 5.56. The van der Waals surface area contributed by atoms with Gasteiger partial charge in [-0.05, 0) is 91.9 Å². The summed E-state index contributed by atoms with van der Waals surface area (Å²) in [6.45, 7) is 9.18. The second-order valence-electron chi connectivity index (χ2n) is 10.8. The molecule has 9 heteroatoms. The van der Waals surface area contributed by atoms with Crippen molar-refractivity contribution in [2.75, 3.05) is 19.7 Å². The van der Waals surface area contributed by atoms with Crippen LogP contribution in [0.25, 0.3) is 11.1 Å². The number of phenolic OH excluding ortho intramolecular Hbond substituents is 2. The minimum absolute atomic E-state index is 0.0232. The van der Waals surface area contributed by atoms with Crippen LogP contribution in [0.1, 0.15) is 55.5 Å². The van der Waals surface area contributed by atoms with Crippen molar-refractivity contribution >= 4 is 33.5 Å². The van der Waals surface area contributed by atoms with E-state index >= 15 is 0 Å². The second kappa shape index (κ2) is 11.7. The summed E-state index contributed by atoms with van der Waals surface area (Å²) >= 11 is 6.30. The van der Waals surface area contributed by atoms with Gasteiger partial charge in [0.1, 0.15) is 46.4 Å². The standard InChI is InChI=1S/C31H34ClNO6S/c1-18-8-9-33(15-18)19(2)16-38-26-6-4-21(5-7-26)31-30(22-10-24(32)13-25(34)11-22)20(3)27-14-28(35)23(17-40(36)37)12-29(27)39-31/h4-7,10-14,18-19,31,34-35,40H,8-9,15-17H2,1-3H3/t18-,19+,31?/m1/s1. The summed E-state index contributed by atoms with van der Waals surface area (Å²) in [7, 11) is -2.73. The van der Waals surface area contributed by atoms with Gasteiger partial charge in [-0.3, -0.25) is 4.90 Å². The van der Waals surface area contributed by atoms with Crippen LogP contribution in [0.5, 0.6) is 23.0 Å². The highest BCUT2D eigenvalue weighted by molar-refractivity contribution is 7.71. The van der Waals surface area contributed by atoms with Crippen molar-refractivity contribution in [3.8, 4) is 23.0 Å². The summed E-state index contributed by atoms with van der Waals surface area (Å²) in [5, 5.41) is 21.2. The molecule has 40 heavy (non-hydrogen) atoms. The molecule has 0 amide bonds. The van der Waals surface area contributed by atoms with Crippen LogP contribution >= 0.6 is 11.6 Å². The highest BCUT2D eigenvalue weighted by Crippen LogP contribution is 2.49. The molecule has 1 unspecified atom stereocenters. The lowest BCUT2D eigenvalue weighted by molar-refractivity contribution is 0.169. The number of aromatic hydroxyl groups is 2. The number of hydrogen-bond acceptors (Lipinski definition) is 7. The SMILES string of the molecule is CC1=C(c2cc(O)cc(Cl)c2)C(c2ccc(OC[C@H](C)N3CC[C@@H](C)C3)cc2)Oc2cc(C[SH](=O)=O)c(O)cc21. The first kappa shape index (κ1) is 28.3. The predicted molar refractivity (Wildman–Crippen MR) is 158 cm³/mol. The Balaban J connectivity index is 1.47. The van der Waals surface area contributed by atoms with Crippen LogP contribution in [0.2, 0.25) is 5.02 Å². The highest BCUT2D eigenvalue weighted by atomic mass is 35.5. The zero-order chi connectivity index (χ0) is 28.6. The number of benzene rings is 3. The quantitative estimate of drug-likeness (QED) is 0.278. The first-order valence-corrected chi connectivity index (χ1v) is 15.2. The summed E-state index contributed by atoms with van der Waals surface area (Å²) < 4.78 is 35.4. The van der Waals surface area contributed by atoms with Crippen molar-refractivity contribution in [2.24, 2.45) is 5.92 Å². The number of hydrogen-bond donors (Lipinski definition) is 3. The lowest BCUT2D eigenvalue weighted by Gasteiger charge is -2.32. The van der Waals surface area contributed by atoms with Crippen molar-refractivity contribution in [1.29, 1.82) is 0 Å². The molecule has 2 aliphatic heterocycles. The van der Waals surface area contributed by atoms with Crippen molar-refractivity contribution < 1.29 is 28.1 Å². The first-order chi connectivity index (χ1) is 19.1. The van der Waals surface area contributed by atoms with E-state index in [1.54, 1.807) is 18.2 Å². The number of fused-ring (bicyclic) bond motifs is 1. The van der Waals surface area contributed by atoms with Gasteiger partial charge < -0.3 is 19.7 Å². The van der Waals surface area contributed by atoms with E-state index in [1.807, 2.05) is 31.2 Å². The molecule has 0 aliphatic carbocycles. The molecule has 2 N–H and O–H groups in total. The largest absolute Gasteiger partial charge is 0.508 e. The summed E-state index contributed by atoms with van der Waals surface area (Å²) in [4.78, 5) is 2.46. The molecule has 0 spiro atoms. The lowest BCUT2D eigenvalue weighted by Crippen LogP contribution is -2.35. The molecule has 2 heterocycles. The molecule has 1 fully saturated rings. The molecule has 0 radical (unpaired) electrons. The summed E-state index contributed by atoms with van der Waals surface area (Å²) in [5.74, 6) is 1.56. The van der Waals surface area contributed by atoms with E-state index in [9.17, 15) is 18.6 Å². The number of thiol groups is 1. The third-order valence-electron chi connectivity index (χ3n) is 7.74. The monoisotopic (exact) mass is 583 g/mol.